The summed E-state index contributed by atoms with van der Waals surface area (Å²) in [7, 11) is 0. The highest BCUT2D eigenvalue weighted by molar-refractivity contribution is 5.72. The van der Waals surface area contributed by atoms with E-state index in [0.717, 1.165) is 12.1 Å². The fraction of sp³-hybridized carbons (Fsp3) is 0.333. The number of hydrogen-bond donors (Lipinski definition) is 1. The molecule has 0 radical (unpaired) electrons. The van der Waals surface area contributed by atoms with E-state index in [1.54, 1.807) is 18.2 Å². The Morgan fingerprint density at radius 1 is 1.07 bits per heavy atom. The molecule has 0 aromatic heterocycles. The Morgan fingerprint density at radius 3 is 2.52 bits per heavy atom. The molecule has 144 valence electrons. The van der Waals surface area contributed by atoms with Crippen molar-refractivity contribution in [2.24, 2.45) is 5.92 Å². The number of aliphatic hydroxyl groups is 1. The van der Waals surface area contributed by atoms with Gasteiger partial charge in [-0.05, 0) is 36.1 Å². The lowest BCUT2D eigenvalue weighted by Gasteiger charge is -2.33. The van der Waals surface area contributed by atoms with Crippen molar-refractivity contribution < 1.29 is 27.8 Å². The number of halogens is 3. The van der Waals surface area contributed by atoms with E-state index in [9.17, 15) is 18.3 Å². The maximum atomic E-state index is 14.4. The lowest BCUT2D eigenvalue weighted by atomic mass is 9.97. The van der Waals surface area contributed by atoms with Crippen molar-refractivity contribution in [1.29, 1.82) is 0 Å². The SMILES string of the molecule is C[C@H]1CC(CO)O[C@@H](Oc2c(F)cc(F)cc2/C=C/c2ccc(F)cc2)C1. The van der Waals surface area contributed by atoms with E-state index in [0.29, 0.717) is 18.4 Å². The first-order chi connectivity index (χ1) is 12.9. The first-order valence-electron chi connectivity index (χ1n) is 8.80. The van der Waals surface area contributed by atoms with Crippen molar-refractivity contribution in [3.63, 3.8) is 0 Å². The van der Waals surface area contributed by atoms with E-state index in [2.05, 4.69) is 0 Å². The molecule has 0 amide bonds. The summed E-state index contributed by atoms with van der Waals surface area (Å²) in [5.74, 6) is -1.82. The van der Waals surface area contributed by atoms with E-state index < -0.39 is 17.9 Å². The van der Waals surface area contributed by atoms with Crippen molar-refractivity contribution in [2.75, 3.05) is 6.61 Å². The van der Waals surface area contributed by atoms with Crippen LogP contribution in [0, 0.1) is 23.4 Å². The molecule has 2 aromatic rings. The van der Waals surface area contributed by atoms with Crippen molar-refractivity contribution in [3.8, 4) is 5.75 Å². The highest BCUT2D eigenvalue weighted by Gasteiger charge is 2.29. The number of ether oxygens (including phenoxy) is 2. The predicted octanol–water partition coefficient (Wildman–Crippen LogP) is 4.79. The summed E-state index contributed by atoms with van der Waals surface area (Å²) in [5.41, 5.74) is 0.883. The summed E-state index contributed by atoms with van der Waals surface area (Å²) in [5, 5.41) is 9.33. The lowest BCUT2D eigenvalue weighted by molar-refractivity contribution is -0.171. The monoisotopic (exact) mass is 378 g/mol. The Labute approximate surface area is 156 Å². The van der Waals surface area contributed by atoms with Gasteiger partial charge in [-0.1, -0.05) is 31.2 Å². The van der Waals surface area contributed by atoms with Crippen molar-refractivity contribution in [1.82, 2.24) is 0 Å². The molecule has 3 rings (SSSR count). The third-order valence-electron chi connectivity index (χ3n) is 4.42. The number of hydrogen-bond acceptors (Lipinski definition) is 3. The van der Waals surface area contributed by atoms with Gasteiger partial charge >= 0.3 is 0 Å². The Morgan fingerprint density at radius 2 is 1.81 bits per heavy atom. The van der Waals surface area contributed by atoms with Gasteiger partial charge in [-0.25, -0.2) is 13.2 Å². The number of aliphatic hydroxyl groups excluding tert-OH is 1. The standard InChI is InChI=1S/C21H21F3O3/c1-13-8-18(12-25)26-20(9-13)27-21-15(10-17(23)11-19(21)24)5-2-14-3-6-16(22)7-4-14/h2-7,10-11,13,18,20,25H,8-9,12H2,1H3/b5-2+/t13-,18?,20-/m0/s1. The van der Waals surface area contributed by atoms with E-state index >= 15 is 0 Å². The van der Waals surface area contributed by atoms with Crippen molar-refractivity contribution in [3.05, 3.63) is 65.0 Å². The van der Waals surface area contributed by atoms with Gasteiger partial charge in [0.2, 0.25) is 6.29 Å². The van der Waals surface area contributed by atoms with Gasteiger partial charge in [-0.15, -0.1) is 0 Å². The normalized spacial score (nSPS) is 22.9. The molecule has 1 saturated heterocycles. The van der Waals surface area contributed by atoms with Crippen LogP contribution >= 0.6 is 0 Å². The molecular formula is C21H21F3O3. The summed E-state index contributed by atoms with van der Waals surface area (Å²) >= 11 is 0. The minimum Gasteiger partial charge on any atom is -0.461 e. The molecule has 1 heterocycles. The summed E-state index contributed by atoms with van der Waals surface area (Å²) in [6, 6.07) is 7.62. The summed E-state index contributed by atoms with van der Waals surface area (Å²) in [6.07, 6.45) is 3.24. The fourth-order valence-corrected chi connectivity index (χ4v) is 3.11. The van der Waals surface area contributed by atoms with E-state index in [1.807, 2.05) is 6.92 Å². The van der Waals surface area contributed by atoms with Crippen LogP contribution in [0.15, 0.2) is 36.4 Å². The zero-order chi connectivity index (χ0) is 19.4. The van der Waals surface area contributed by atoms with Crippen molar-refractivity contribution in [2.45, 2.75) is 32.2 Å². The van der Waals surface area contributed by atoms with E-state index in [1.165, 1.54) is 18.2 Å². The molecule has 3 nitrogen and oxygen atoms in total. The van der Waals surface area contributed by atoms with E-state index in [4.69, 9.17) is 9.47 Å². The van der Waals surface area contributed by atoms with Crippen molar-refractivity contribution >= 4 is 12.2 Å². The molecule has 6 heteroatoms. The first kappa shape index (κ1) is 19.5. The highest BCUT2D eigenvalue weighted by atomic mass is 19.1. The van der Waals surface area contributed by atoms with Gasteiger partial charge in [0, 0.05) is 18.1 Å². The molecule has 0 spiro atoms. The second-order valence-corrected chi connectivity index (χ2v) is 6.76. The molecule has 0 aliphatic carbocycles. The minimum atomic E-state index is -0.837. The highest BCUT2D eigenvalue weighted by Crippen LogP contribution is 2.32. The average molecular weight is 378 g/mol. The van der Waals surface area contributed by atoms with Gasteiger partial charge < -0.3 is 14.6 Å². The van der Waals surface area contributed by atoms with E-state index in [-0.39, 0.29) is 35.8 Å². The van der Waals surface area contributed by atoms with Crippen LogP contribution < -0.4 is 4.74 Å². The molecule has 1 unspecified atom stereocenters. The summed E-state index contributed by atoms with van der Waals surface area (Å²) in [4.78, 5) is 0. The quantitative estimate of drug-likeness (QED) is 0.761. The second kappa shape index (κ2) is 8.59. The maximum Gasteiger partial charge on any atom is 0.200 e. The van der Waals surface area contributed by atoms with Crippen LogP contribution in [0.3, 0.4) is 0 Å². The predicted molar refractivity (Wildman–Crippen MR) is 96.5 cm³/mol. The molecule has 1 fully saturated rings. The Hall–Kier alpha value is -2.31. The third-order valence-corrected chi connectivity index (χ3v) is 4.42. The van der Waals surface area contributed by atoms with Gasteiger partial charge in [0.15, 0.2) is 11.6 Å². The molecule has 1 aliphatic heterocycles. The van der Waals surface area contributed by atoms with Gasteiger partial charge in [-0.3, -0.25) is 0 Å². The Kier molecular flexibility index (Phi) is 6.19. The molecule has 1 N–H and O–H groups in total. The van der Waals surface area contributed by atoms with Crippen LogP contribution in [0.1, 0.15) is 30.9 Å². The Bertz CT molecular complexity index is 805. The molecule has 3 atom stereocenters. The fourth-order valence-electron chi connectivity index (χ4n) is 3.11. The third kappa shape index (κ3) is 5.11. The molecular weight excluding hydrogens is 357 g/mol. The summed E-state index contributed by atoms with van der Waals surface area (Å²) < 4.78 is 52.4. The van der Waals surface area contributed by atoms with Gasteiger partial charge in [-0.2, -0.15) is 0 Å². The zero-order valence-electron chi connectivity index (χ0n) is 14.9. The molecule has 0 bridgehead atoms. The maximum absolute atomic E-state index is 14.4. The minimum absolute atomic E-state index is 0.120. The Balaban J connectivity index is 1.85. The van der Waals surface area contributed by atoms with Crippen LogP contribution in [-0.2, 0) is 4.74 Å². The van der Waals surface area contributed by atoms with Gasteiger partial charge in [0.05, 0.1) is 12.7 Å². The average Bonchev–Trinajstić information content (AvgIpc) is 2.63. The second-order valence-electron chi connectivity index (χ2n) is 6.76. The van der Waals surface area contributed by atoms with Crippen LogP contribution in [0.25, 0.3) is 12.2 Å². The molecule has 1 aliphatic rings. The lowest BCUT2D eigenvalue weighted by Crippen LogP contribution is -2.37. The number of benzene rings is 2. The number of rotatable bonds is 5. The molecule has 2 aromatic carbocycles. The van der Waals surface area contributed by atoms with Gasteiger partial charge in [0.1, 0.15) is 11.6 Å². The zero-order valence-corrected chi connectivity index (χ0v) is 14.9. The topological polar surface area (TPSA) is 38.7 Å². The molecule has 27 heavy (non-hydrogen) atoms. The largest absolute Gasteiger partial charge is 0.461 e. The summed E-state index contributed by atoms with van der Waals surface area (Å²) in [6.45, 7) is 1.85. The van der Waals surface area contributed by atoms with Crippen LogP contribution in [-0.4, -0.2) is 24.1 Å². The van der Waals surface area contributed by atoms with Crippen LogP contribution in [0.5, 0.6) is 5.75 Å². The van der Waals surface area contributed by atoms with Gasteiger partial charge in [0.25, 0.3) is 0 Å². The molecule has 0 saturated carbocycles. The first-order valence-corrected chi connectivity index (χ1v) is 8.80. The smallest absolute Gasteiger partial charge is 0.200 e. The van der Waals surface area contributed by atoms with Crippen LogP contribution in [0.2, 0.25) is 0 Å². The van der Waals surface area contributed by atoms with Crippen LogP contribution in [0.4, 0.5) is 13.2 Å².